The molecule has 3 nitrogen and oxygen atoms in total. The van der Waals surface area contributed by atoms with Crippen LogP contribution < -0.4 is 5.32 Å². The van der Waals surface area contributed by atoms with E-state index in [0.717, 1.165) is 18.1 Å². The zero-order valence-electron chi connectivity index (χ0n) is 10.5. The molecular weight excluding hydrogens is 218 g/mol. The van der Waals surface area contributed by atoms with Crippen molar-refractivity contribution in [1.82, 2.24) is 9.97 Å². The monoisotopic (exact) mass is 239 g/mol. The molecule has 1 heterocycles. The number of thioether (sulfide) groups is 1. The predicted octanol–water partition coefficient (Wildman–Crippen LogP) is 3.01. The summed E-state index contributed by atoms with van der Waals surface area (Å²) in [5, 5.41) is 3.36. The molecule has 0 spiro atoms. The molecule has 0 aliphatic heterocycles. The summed E-state index contributed by atoms with van der Waals surface area (Å²) in [6.45, 7) is 7.49. The van der Waals surface area contributed by atoms with E-state index < -0.39 is 0 Å². The third-order valence-corrected chi connectivity index (χ3v) is 3.26. The molecule has 0 radical (unpaired) electrons. The fourth-order valence-electron chi connectivity index (χ4n) is 1.41. The van der Waals surface area contributed by atoms with Gasteiger partial charge in [-0.3, -0.25) is 0 Å². The highest BCUT2D eigenvalue weighted by molar-refractivity contribution is 7.98. The van der Waals surface area contributed by atoms with Gasteiger partial charge >= 0.3 is 0 Å². The Kier molecular flexibility index (Phi) is 5.60. The predicted molar refractivity (Wildman–Crippen MR) is 72.2 cm³/mol. The van der Waals surface area contributed by atoms with Crippen LogP contribution in [0.3, 0.4) is 0 Å². The third-order valence-electron chi connectivity index (χ3n) is 2.36. The van der Waals surface area contributed by atoms with Crippen LogP contribution in [-0.4, -0.2) is 28.5 Å². The first kappa shape index (κ1) is 13.3. The average molecular weight is 239 g/mol. The van der Waals surface area contributed by atoms with E-state index in [1.165, 1.54) is 5.75 Å². The molecule has 0 aliphatic rings. The molecule has 1 N–H and O–H groups in total. The lowest BCUT2D eigenvalue weighted by molar-refractivity contribution is 0.698. The largest absolute Gasteiger partial charge is 0.370 e. The molecule has 1 atom stereocenters. The highest BCUT2D eigenvalue weighted by Crippen LogP contribution is 2.14. The van der Waals surface area contributed by atoms with Gasteiger partial charge in [-0.15, -0.1) is 0 Å². The van der Waals surface area contributed by atoms with Gasteiger partial charge in [-0.05, 0) is 23.8 Å². The van der Waals surface area contributed by atoms with Crippen LogP contribution in [0.4, 0.5) is 5.82 Å². The first-order chi connectivity index (χ1) is 7.63. The second kappa shape index (κ2) is 6.74. The summed E-state index contributed by atoms with van der Waals surface area (Å²) in [7, 11) is 0. The van der Waals surface area contributed by atoms with E-state index in [1.807, 2.05) is 17.8 Å². The minimum atomic E-state index is 0.451. The molecular formula is C12H21N3S. The van der Waals surface area contributed by atoms with E-state index in [1.54, 1.807) is 6.33 Å². The molecule has 4 heteroatoms. The fraction of sp³-hybridized carbons (Fsp3) is 0.667. The number of rotatable bonds is 6. The molecule has 1 rings (SSSR count). The second-order valence-corrected chi connectivity index (χ2v) is 5.33. The molecule has 0 saturated heterocycles. The van der Waals surface area contributed by atoms with Gasteiger partial charge in [-0.1, -0.05) is 20.8 Å². The summed E-state index contributed by atoms with van der Waals surface area (Å²) in [5.74, 6) is 3.22. The van der Waals surface area contributed by atoms with Gasteiger partial charge in [0, 0.05) is 18.3 Å². The number of nitrogens with zero attached hydrogens (tertiary/aromatic N) is 2. The van der Waals surface area contributed by atoms with E-state index in [4.69, 9.17) is 0 Å². The molecule has 0 bridgehead atoms. The van der Waals surface area contributed by atoms with Crippen LogP contribution in [0.15, 0.2) is 12.4 Å². The Morgan fingerprint density at radius 1 is 1.31 bits per heavy atom. The summed E-state index contributed by atoms with van der Waals surface area (Å²) in [5.41, 5.74) is 1.09. The van der Waals surface area contributed by atoms with Gasteiger partial charge in [0.1, 0.15) is 12.1 Å². The van der Waals surface area contributed by atoms with Gasteiger partial charge in [0.05, 0.1) is 0 Å². The Hall–Kier alpha value is -0.770. The normalized spacial score (nSPS) is 12.8. The van der Waals surface area contributed by atoms with E-state index in [-0.39, 0.29) is 0 Å². The summed E-state index contributed by atoms with van der Waals surface area (Å²) < 4.78 is 0. The second-order valence-electron chi connectivity index (χ2n) is 4.42. The summed E-state index contributed by atoms with van der Waals surface area (Å²) in [4.78, 5) is 8.47. The van der Waals surface area contributed by atoms with Crippen molar-refractivity contribution in [2.75, 3.05) is 23.9 Å². The number of nitrogens with one attached hydrogen (secondary N) is 1. The maximum Gasteiger partial charge on any atom is 0.129 e. The zero-order valence-corrected chi connectivity index (χ0v) is 11.3. The molecule has 0 aliphatic carbocycles. The minimum absolute atomic E-state index is 0.451. The first-order valence-electron chi connectivity index (χ1n) is 5.68. The molecule has 1 aromatic heterocycles. The maximum absolute atomic E-state index is 4.25. The van der Waals surface area contributed by atoms with Crippen molar-refractivity contribution in [3.8, 4) is 0 Å². The van der Waals surface area contributed by atoms with Gasteiger partial charge in [0.2, 0.25) is 0 Å². The Balaban J connectivity index is 2.50. The lowest BCUT2D eigenvalue weighted by Crippen LogP contribution is -2.14. The number of hydrogen-bond acceptors (Lipinski definition) is 4. The summed E-state index contributed by atoms with van der Waals surface area (Å²) in [6, 6.07) is 2.04. The topological polar surface area (TPSA) is 37.8 Å². The van der Waals surface area contributed by atoms with E-state index in [0.29, 0.717) is 11.8 Å². The maximum atomic E-state index is 4.25. The van der Waals surface area contributed by atoms with Gasteiger partial charge in [0.25, 0.3) is 0 Å². The fourth-order valence-corrected chi connectivity index (χ4v) is 2.09. The smallest absolute Gasteiger partial charge is 0.129 e. The van der Waals surface area contributed by atoms with Crippen molar-refractivity contribution >= 4 is 17.6 Å². The van der Waals surface area contributed by atoms with Gasteiger partial charge < -0.3 is 5.32 Å². The lowest BCUT2D eigenvalue weighted by Gasteiger charge is -2.12. The van der Waals surface area contributed by atoms with Crippen molar-refractivity contribution in [2.24, 2.45) is 5.92 Å². The van der Waals surface area contributed by atoms with Gasteiger partial charge in [-0.25, -0.2) is 9.97 Å². The van der Waals surface area contributed by atoms with Crippen molar-refractivity contribution in [1.29, 1.82) is 0 Å². The number of anilines is 1. The number of hydrogen-bond donors (Lipinski definition) is 1. The van der Waals surface area contributed by atoms with E-state index in [2.05, 4.69) is 42.3 Å². The van der Waals surface area contributed by atoms with Crippen molar-refractivity contribution in [3.05, 3.63) is 18.1 Å². The quantitative estimate of drug-likeness (QED) is 0.828. The Morgan fingerprint density at radius 2 is 2.06 bits per heavy atom. The van der Waals surface area contributed by atoms with Gasteiger partial charge in [0.15, 0.2) is 0 Å². The van der Waals surface area contributed by atoms with Crippen LogP contribution in [0.1, 0.15) is 32.4 Å². The van der Waals surface area contributed by atoms with Crippen LogP contribution in [-0.2, 0) is 0 Å². The minimum Gasteiger partial charge on any atom is -0.370 e. The molecule has 0 amide bonds. The lowest BCUT2D eigenvalue weighted by atomic mass is 10.1. The molecule has 0 saturated carbocycles. The van der Waals surface area contributed by atoms with Gasteiger partial charge in [-0.2, -0.15) is 11.8 Å². The molecule has 0 fully saturated rings. The van der Waals surface area contributed by atoms with E-state index in [9.17, 15) is 0 Å². The van der Waals surface area contributed by atoms with Crippen molar-refractivity contribution in [3.63, 3.8) is 0 Å². The van der Waals surface area contributed by atoms with E-state index >= 15 is 0 Å². The molecule has 90 valence electrons. The molecule has 1 unspecified atom stereocenters. The number of aromatic nitrogens is 2. The van der Waals surface area contributed by atoms with Crippen LogP contribution >= 0.6 is 11.8 Å². The van der Waals surface area contributed by atoms with Crippen LogP contribution in [0.5, 0.6) is 0 Å². The van der Waals surface area contributed by atoms with Crippen molar-refractivity contribution in [2.45, 2.75) is 26.7 Å². The Labute approximate surface area is 102 Å². The molecule has 1 aromatic rings. The zero-order chi connectivity index (χ0) is 12.0. The highest BCUT2D eigenvalue weighted by Gasteiger charge is 2.04. The van der Waals surface area contributed by atoms with Crippen molar-refractivity contribution < 1.29 is 0 Å². The highest BCUT2D eigenvalue weighted by atomic mass is 32.2. The summed E-state index contributed by atoms with van der Waals surface area (Å²) >= 11 is 1.88. The molecule has 0 aromatic carbocycles. The standard InChI is InChI=1S/C12H21N3S/c1-9(2)11-5-12(15-8-14-11)13-6-10(3)7-16-4/h5,8-10H,6-7H2,1-4H3,(H,13,14,15). The molecule has 16 heavy (non-hydrogen) atoms. The SMILES string of the molecule is CSCC(C)CNc1cc(C(C)C)ncn1. The summed E-state index contributed by atoms with van der Waals surface area (Å²) in [6.07, 6.45) is 3.77. The van der Waals surface area contributed by atoms with Crippen LogP contribution in [0.2, 0.25) is 0 Å². The average Bonchev–Trinajstić information content (AvgIpc) is 2.27. The Morgan fingerprint density at radius 3 is 2.69 bits per heavy atom. The Bertz CT molecular complexity index is 315. The third kappa shape index (κ3) is 4.39. The van der Waals surface area contributed by atoms with Crippen LogP contribution in [0.25, 0.3) is 0 Å². The first-order valence-corrected chi connectivity index (χ1v) is 7.07. The van der Waals surface area contributed by atoms with Crippen LogP contribution in [0, 0.1) is 5.92 Å².